The summed E-state index contributed by atoms with van der Waals surface area (Å²) in [4.78, 5) is 2.28. The maximum absolute atomic E-state index is 9.56. The standard InChI is InChI=1S/C13H20N2O2/c1-15-7-6-10(8-15)11(14)9-17-13-5-3-2-4-12(13)16/h2-5,10-11,16H,6-9,14H2,1H3. The minimum Gasteiger partial charge on any atom is -0.504 e. The van der Waals surface area contributed by atoms with E-state index in [2.05, 4.69) is 11.9 Å². The Kier molecular flexibility index (Phi) is 3.86. The van der Waals surface area contributed by atoms with Crippen molar-refractivity contribution in [1.29, 1.82) is 0 Å². The lowest BCUT2D eigenvalue weighted by atomic mass is 10.0. The monoisotopic (exact) mass is 236 g/mol. The first-order chi connectivity index (χ1) is 8.16. The number of ether oxygens (including phenoxy) is 1. The van der Waals surface area contributed by atoms with E-state index in [4.69, 9.17) is 10.5 Å². The minimum atomic E-state index is 0.0274. The number of benzene rings is 1. The lowest BCUT2D eigenvalue weighted by molar-refractivity contribution is 0.237. The molecule has 0 spiro atoms. The highest BCUT2D eigenvalue weighted by Gasteiger charge is 2.25. The van der Waals surface area contributed by atoms with Crippen molar-refractivity contribution >= 4 is 0 Å². The number of hydrogen-bond donors (Lipinski definition) is 2. The number of likely N-dealkylation sites (tertiary alicyclic amines) is 1. The van der Waals surface area contributed by atoms with E-state index >= 15 is 0 Å². The number of rotatable bonds is 4. The fourth-order valence-corrected chi connectivity index (χ4v) is 2.22. The topological polar surface area (TPSA) is 58.7 Å². The summed E-state index contributed by atoms with van der Waals surface area (Å²) in [5, 5.41) is 9.56. The molecule has 0 radical (unpaired) electrons. The van der Waals surface area contributed by atoms with E-state index in [1.165, 1.54) is 0 Å². The van der Waals surface area contributed by atoms with Gasteiger partial charge < -0.3 is 20.5 Å². The van der Waals surface area contributed by atoms with E-state index in [0.29, 0.717) is 18.3 Å². The molecule has 0 aromatic heterocycles. The van der Waals surface area contributed by atoms with Crippen molar-refractivity contribution in [2.24, 2.45) is 11.7 Å². The van der Waals surface area contributed by atoms with Gasteiger partial charge >= 0.3 is 0 Å². The average Bonchev–Trinajstić information content (AvgIpc) is 2.74. The average molecular weight is 236 g/mol. The van der Waals surface area contributed by atoms with Gasteiger partial charge in [-0.1, -0.05) is 12.1 Å². The molecule has 2 unspecified atom stereocenters. The molecule has 1 aromatic carbocycles. The largest absolute Gasteiger partial charge is 0.504 e. The molecule has 3 N–H and O–H groups in total. The number of nitrogens with two attached hydrogens (primary N) is 1. The first kappa shape index (κ1) is 12.2. The number of aromatic hydroxyl groups is 1. The van der Waals surface area contributed by atoms with E-state index in [9.17, 15) is 5.11 Å². The summed E-state index contributed by atoms with van der Waals surface area (Å²) in [7, 11) is 2.11. The zero-order chi connectivity index (χ0) is 12.3. The number of para-hydroxylation sites is 2. The van der Waals surface area contributed by atoms with Crippen LogP contribution in [0.1, 0.15) is 6.42 Å². The van der Waals surface area contributed by atoms with Crippen LogP contribution in [0.5, 0.6) is 11.5 Å². The first-order valence-corrected chi connectivity index (χ1v) is 6.01. The predicted molar refractivity (Wildman–Crippen MR) is 67.2 cm³/mol. The SMILES string of the molecule is CN1CCC(C(N)COc2ccccc2O)C1. The minimum absolute atomic E-state index is 0.0274. The smallest absolute Gasteiger partial charge is 0.160 e. The zero-order valence-corrected chi connectivity index (χ0v) is 10.2. The second-order valence-electron chi connectivity index (χ2n) is 4.75. The Bertz CT molecular complexity index is 370. The van der Waals surface area contributed by atoms with Gasteiger partial charge in [0, 0.05) is 12.6 Å². The van der Waals surface area contributed by atoms with Crippen LogP contribution in [-0.2, 0) is 0 Å². The highest BCUT2D eigenvalue weighted by molar-refractivity contribution is 5.37. The first-order valence-electron chi connectivity index (χ1n) is 6.01. The Hall–Kier alpha value is -1.26. The van der Waals surface area contributed by atoms with Gasteiger partial charge in [0.1, 0.15) is 6.61 Å². The summed E-state index contributed by atoms with van der Waals surface area (Å²) in [6, 6.07) is 7.00. The van der Waals surface area contributed by atoms with Crippen LogP contribution in [0.2, 0.25) is 0 Å². The molecule has 0 amide bonds. The van der Waals surface area contributed by atoms with Crippen molar-refractivity contribution < 1.29 is 9.84 Å². The number of nitrogens with zero attached hydrogens (tertiary/aromatic N) is 1. The van der Waals surface area contributed by atoms with E-state index in [-0.39, 0.29) is 11.8 Å². The molecule has 1 aliphatic rings. The molecule has 17 heavy (non-hydrogen) atoms. The maximum atomic E-state index is 9.56. The molecule has 94 valence electrons. The molecule has 4 nitrogen and oxygen atoms in total. The summed E-state index contributed by atoms with van der Waals surface area (Å²) < 4.78 is 5.55. The van der Waals surface area contributed by atoms with Gasteiger partial charge in [-0.15, -0.1) is 0 Å². The molecule has 0 aliphatic carbocycles. The van der Waals surface area contributed by atoms with Gasteiger partial charge in [0.05, 0.1) is 0 Å². The maximum Gasteiger partial charge on any atom is 0.160 e. The van der Waals surface area contributed by atoms with Crippen LogP contribution in [-0.4, -0.2) is 42.8 Å². The molecular formula is C13H20N2O2. The normalized spacial score (nSPS) is 22.6. The van der Waals surface area contributed by atoms with E-state index in [1.54, 1.807) is 18.2 Å². The summed E-state index contributed by atoms with van der Waals surface area (Å²) >= 11 is 0. The van der Waals surface area contributed by atoms with Crippen molar-refractivity contribution in [3.63, 3.8) is 0 Å². The lowest BCUT2D eigenvalue weighted by Crippen LogP contribution is -2.37. The van der Waals surface area contributed by atoms with Crippen LogP contribution in [0, 0.1) is 5.92 Å². The van der Waals surface area contributed by atoms with Crippen molar-refractivity contribution in [3.8, 4) is 11.5 Å². The highest BCUT2D eigenvalue weighted by atomic mass is 16.5. The van der Waals surface area contributed by atoms with Crippen LogP contribution in [0.15, 0.2) is 24.3 Å². The third-order valence-electron chi connectivity index (χ3n) is 3.33. The van der Waals surface area contributed by atoms with Gasteiger partial charge in [-0.2, -0.15) is 0 Å². The summed E-state index contributed by atoms with van der Waals surface area (Å²) in [5.74, 6) is 1.17. The van der Waals surface area contributed by atoms with Crippen molar-refractivity contribution in [2.75, 3.05) is 26.7 Å². The van der Waals surface area contributed by atoms with Crippen LogP contribution >= 0.6 is 0 Å². The molecule has 1 aromatic rings. The molecule has 2 atom stereocenters. The third kappa shape index (κ3) is 3.11. The van der Waals surface area contributed by atoms with Crippen molar-refractivity contribution in [3.05, 3.63) is 24.3 Å². The van der Waals surface area contributed by atoms with Gasteiger partial charge in [0.2, 0.25) is 0 Å². The molecule has 1 heterocycles. The van der Waals surface area contributed by atoms with Crippen molar-refractivity contribution in [1.82, 2.24) is 4.90 Å². The molecule has 1 fully saturated rings. The molecular weight excluding hydrogens is 216 g/mol. The fraction of sp³-hybridized carbons (Fsp3) is 0.538. The zero-order valence-electron chi connectivity index (χ0n) is 10.2. The fourth-order valence-electron chi connectivity index (χ4n) is 2.22. The summed E-state index contributed by atoms with van der Waals surface area (Å²) in [5.41, 5.74) is 6.11. The number of phenolic OH excluding ortho intramolecular Hbond substituents is 1. The van der Waals surface area contributed by atoms with E-state index < -0.39 is 0 Å². The van der Waals surface area contributed by atoms with Crippen LogP contribution in [0.25, 0.3) is 0 Å². The Morgan fingerprint density at radius 1 is 1.53 bits per heavy atom. The molecule has 2 rings (SSSR count). The van der Waals surface area contributed by atoms with Crippen molar-refractivity contribution in [2.45, 2.75) is 12.5 Å². The quantitative estimate of drug-likeness (QED) is 0.820. The second-order valence-corrected chi connectivity index (χ2v) is 4.75. The van der Waals surface area contributed by atoms with E-state index in [0.717, 1.165) is 19.5 Å². The molecule has 1 aliphatic heterocycles. The Balaban J connectivity index is 1.84. The number of hydrogen-bond acceptors (Lipinski definition) is 4. The van der Waals surface area contributed by atoms with Gasteiger partial charge in [0.25, 0.3) is 0 Å². The molecule has 0 saturated carbocycles. The Morgan fingerprint density at radius 2 is 2.29 bits per heavy atom. The predicted octanol–water partition coefficient (Wildman–Crippen LogP) is 1.05. The summed E-state index contributed by atoms with van der Waals surface area (Å²) in [6.07, 6.45) is 1.13. The van der Waals surface area contributed by atoms with Gasteiger partial charge in [-0.25, -0.2) is 0 Å². The van der Waals surface area contributed by atoms with E-state index in [1.807, 2.05) is 6.07 Å². The summed E-state index contributed by atoms with van der Waals surface area (Å²) in [6.45, 7) is 2.59. The number of phenols is 1. The second kappa shape index (κ2) is 5.38. The van der Waals surface area contributed by atoms with Crippen LogP contribution < -0.4 is 10.5 Å². The third-order valence-corrected chi connectivity index (χ3v) is 3.33. The lowest BCUT2D eigenvalue weighted by Gasteiger charge is -2.19. The van der Waals surface area contributed by atoms with Crippen LogP contribution in [0.4, 0.5) is 0 Å². The molecule has 1 saturated heterocycles. The van der Waals surface area contributed by atoms with Gasteiger partial charge in [0.15, 0.2) is 11.5 Å². The molecule has 0 bridgehead atoms. The highest BCUT2D eigenvalue weighted by Crippen LogP contribution is 2.25. The van der Waals surface area contributed by atoms with Gasteiger partial charge in [-0.3, -0.25) is 0 Å². The van der Waals surface area contributed by atoms with Crippen LogP contribution in [0.3, 0.4) is 0 Å². The Labute approximate surface area is 102 Å². The van der Waals surface area contributed by atoms with Gasteiger partial charge in [-0.05, 0) is 38.1 Å². The Morgan fingerprint density at radius 3 is 2.94 bits per heavy atom. The molecule has 4 heteroatoms.